The second kappa shape index (κ2) is 11.9. The van der Waals surface area contributed by atoms with Crippen molar-refractivity contribution in [2.24, 2.45) is 0 Å². The maximum absolute atomic E-state index is 6.26. The van der Waals surface area contributed by atoms with Crippen LogP contribution in [0.2, 0.25) is 5.02 Å². The van der Waals surface area contributed by atoms with Crippen LogP contribution in [0, 0.1) is 13.8 Å². The van der Waals surface area contributed by atoms with Crippen LogP contribution < -0.4 is 19.7 Å². The van der Waals surface area contributed by atoms with Crippen LogP contribution >= 0.6 is 11.6 Å². The Morgan fingerprint density at radius 1 is 1.06 bits per heavy atom. The van der Waals surface area contributed by atoms with Gasteiger partial charge in [0.2, 0.25) is 0 Å². The molecule has 2 aromatic carbocycles. The minimum Gasteiger partial charge on any atom is -0.495 e. The van der Waals surface area contributed by atoms with Crippen LogP contribution in [0.1, 0.15) is 62.3 Å². The van der Waals surface area contributed by atoms with Gasteiger partial charge in [0.1, 0.15) is 11.5 Å². The molecule has 192 valence electrons. The first-order valence-corrected chi connectivity index (χ1v) is 13.6. The first kappa shape index (κ1) is 26.1. The number of nitrogens with one attached hydrogen (secondary N) is 1. The largest absolute Gasteiger partial charge is 0.495 e. The number of ether oxygens (including phenoxy) is 2. The van der Waals surface area contributed by atoms with E-state index in [0.717, 1.165) is 50.7 Å². The number of hydrogen-bond donors (Lipinski definition) is 1. The topological polar surface area (TPSA) is 37.0 Å². The fourth-order valence-electron chi connectivity index (χ4n) is 5.64. The Bertz CT molecular complexity index is 996. The third-order valence-electron chi connectivity index (χ3n) is 7.71. The average molecular weight is 500 g/mol. The molecule has 2 saturated heterocycles. The lowest BCUT2D eigenvalue weighted by atomic mass is 9.86. The highest BCUT2D eigenvalue weighted by atomic mass is 35.5. The number of piperidine rings is 1. The van der Waals surface area contributed by atoms with Crippen LogP contribution in [-0.2, 0) is 0 Å². The molecule has 0 saturated carbocycles. The van der Waals surface area contributed by atoms with Crippen molar-refractivity contribution >= 4 is 17.3 Å². The van der Waals surface area contributed by atoms with Gasteiger partial charge in [0.05, 0.1) is 18.7 Å². The molecular weight excluding hydrogens is 458 g/mol. The van der Waals surface area contributed by atoms with Gasteiger partial charge in [-0.05, 0) is 81.0 Å². The van der Waals surface area contributed by atoms with Crippen molar-refractivity contribution in [3.05, 3.63) is 52.0 Å². The predicted octanol–water partition coefficient (Wildman–Crippen LogP) is 6.15. The van der Waals surface area contributed by atoms with Crippen molar-refractivity contribution in [1.29, 1.82) is 0 Å². The lowest BCUT2D eigenvalue weighted by Gasteiger charge is -2.49. The SMILES string of the molecule is COc1cc(N2CCN3[C@@H](CCC[C@@H]3c3ccc(OCCCNC(C)C)c(C)c3C)C2)ccc1Cl. The fraction of sp³-hybridized carbons (Fsp3) is 0.586. The van der Waals surface area contributed by atoms with E-state index in [4.69, 9.17) is 21.1 Å². The summed E-state index contributed by atoms with van der Waals surface area (Å²) in [6.45, 7) is 13.7. The summed E-state index contributed by atoms with van der Waals surface area (Å²) >= 11 is 6.26. The highest BCUT2D eigenvalue weighted by molar-refractivity contribution is 6.32. The molecule has 0 aromatic heterocycles. The van der Waals surface area contributed by atoms with Gasteiger partial charge in [0.15, 0.2) is 0 Å². The Hall–Kier alpha value is -1.95. The van der Waals surface area contributed by atoms with Gasteiger partial charge < -0.3 is 19.7 Å². The molecule has 4 rings (SSSR count). The first-order chi connectivity index (χ1) is 16.9. The lowest BCUT2D eigenvalue weighted by molar-refractivity contribution is 0.0712. The van der Waals surface area contributed by atoms with Gasteiger partial charge in [-0.15, -0.1) is 0 Å². The van der Waals surface area contributed by atoms with E-state index in [9.17, 15) is 0 Å². The summed E-state index contributed by atoms with van der Waals surface area (Å²) in [6, 6.07) is 12.2. The molecule has 0 amide bonds. The number of nitrogens with zero attached hydrogens (tertiary/aromatic N) is 2. The number of benzene rings is 2. The van der Waals surface area contributed by atoms with Gasteiger partial charge >= 0.3 is 0 Å². The molecule has 2 aromatic rings. The van der Waals surface area contributed by atoms with E-state index in [1.165, 1.54) is 41.6 Å². The Balaban J connectivity index is 1.42. The summed E-state index contributed by atoms with van der Waals surface area (Å²) in [5.74, 6) is 1.78. The van der Waals surface area contributed by atoms with Crippen LogP contribution in [0.25, 0.3) is 0 Å². The molecule has 1 N–H and O–H groups in total. The van der Waals surface area contributed by atoms with Gasteiger partial charge in [-0.2, -0.15) is 0 Å². The van der Waals surface area contributed by atoms with Crippen LogP contribution in [0.15, 0.2) is 30.3 Å². The smallest absolute Gasteiger partial charge is 0.139 e. The third-order valence-corrected chi connectivity index (χ3v) is 8.03. The van der Waals surface area contributed by atoms with E-state index in [0.29, 0.717) is 23.1 Å². The second-order valence-electron chi connectivity index (χ2n) is 10.3. The standard InChI is InChI=1S/C29H42ClN3O2/c1-20(2)31-14-7-17-35-28-13-11-25(21(3)22(28)4)27-9-6-8-24-19-32(15-16-33(24)27)23-10-12-26(30)29(18-23)34-5/h10-13,18,20,24,27,31H,6-9,14-17,19H2,1-5H3/t24-,27+/m0/s1. The minimum absolute atomic E-state index is 0.485. The Kier molecular flexibility index (Phi) is 8.85. The van der Waals surface area contributed by atoms with Gasteiger partial charge in [-0.25, -0.2) is 0 Å². The average Bonchev–Trinajstić information content (AvgIpc) is 2.86. The summed E-state index contributed by atoms with van der Waals surface area (Å²) in [5, 5.41) is 4.12. The van der Waals surface area contributed by atoms with Crippen LogP contribution in [0.5, 0.6) is 11.5 Å². The molecule has 2 atom stereocenters. The van der Waals surface area contributed by atoms with Crippen molar-refractivity contribution in [3.8, 4) is 11.5 Å². The van der Waals surface area contributed by atoms with Gasteiger partial charge in [0.25, 0.3) is 0 Å². The molecule has 0 spiro atoms. The summed E-state index contributed by atoms with van der Waals surface area (Å²) in [6.07, 6.45) is 4.77. The lowest BCUT2D eigenvalue weighted by Crippen LogP contribution is -2.56. The monoisotopic (exact) mass is 499 g/mol. The molecule has 0 aliphatic carbocycles. The number of halogens is 1. The highest BCUT2D eigenvalue weighted by Crippen LogP contribution is 2.40. The number of hydrogen-bond acceptors (Lipinski definition) is 5. The maximum Gasteiger partial charge on any atom is 0.139 e. The van der Waals surface area contributed by atoms with Gasteiger partial charge in [-0.3, -0.25) is 4.90 Å². The molecule has 35 heavy (non-hydrogen) atoms. The van der Waals surface area contributed by atoms with Gasteiger partial charge in [-0.1, -0.05) is 31.5 Å². The molecule has 0 bridgehead atoms. The molecule has 6 heteroatoms. The summed E-state index contributed by atoms with van der Waals surface area (Å²) < 4.78 is 11.6. The van der Waals surface area contributed by atoms with E-state index in [1.54, 1.807) is 7.11 Å². The zero-order valence-electron chi connectivity index (χ0n) is 22.1. The fourth-order valence-corrected chi connectivity index (χ4v) is 5.84. The number of anilines is 1. The Labute approximate surface area is 216 Å². The Morgan fingerprint density at radius 2 is 1.89 bits per heavy atom. The van der Waals surface area contributed by atoms with Crippen molar-refractivity contribution in [3.63, 3.8) is 0 Å². The number of rotatable bonds is 9. The van der Waals surface area contributed by atoms with Crippen molar-refractivity contribution in [1.82, 2.24) is 10.2 Å². The summed E-state index contributed by atoms with van der Waals surface area (Å²) in [7, 11) is 1.68. The first-order valence-electron chi connectivity index (χ1n) is 13.2. The predicted molar refractivity (Wildman–Crippen MR) is 146 cm³/mol. The van der Waals surface area contributed by atoms with E-state index < -0.39 is 0 Å². The number of piperazine rings is 1. The summed E-state index contributed by atoms with van der Waals surface area (Å²) in [4.78, 5) is 5.25. The number of fused-ring (bicyclic) bond motifs is 1. The highest BCUT2D eigenvalue weighted by Gasteiger charge is 2.36. The van der Waals surface area contributed by atoms with E-state index >= 15 is 0 Å². The summed E-state index contributed by atoms with van der Waals surface area (Å²) in [5.41, 5.74) is 5.35. The molecule has 0 unspecified atom stereocenters. The van der Waals surface area contributed by atoms with Crippen LogP contribution in [0.3, 0.4) is 0 Å². The zero-order valence-corrected chi connectivity index (χ0v) is 22.8. The molecule has 2 aliphatic rings. The molecule has 2 aliphatic heterocycles. The van der Waals surface area contributed by atoms with Crippen molar-refractivity contribution in [2.75, 3.05) is 44.8 Å². The van der Waals surface area contributed by atoms with Crippen molar-refractivity contribution in [2.45, 2.75) is 71.5 Å². The third kappa shape index (κ3) is 6.07. The van der Waals surface area contributed by atoms with E-state index in [-0.39, 0.29) is 0 Å². The van der Waals surface area contributed by atoms with Crippen LogP contribution in [0.4, 0.5) is 5.69 Å². The molecule has 0 radical (unpaired) electrons. The zero-order chi connectivity index (χ0) is 24.9. The van der Waals surface area contributed by atoms with E-state index in [2.05, 4.69) is 67.1 Å². The molecule has 2 heterocycles. The van der Waals surface area contributed by atoms with E-state index in [1.807, 2.05) is 6.07 Å². The number of methoxy groups -OCH3 is 1. The van der Waals surface area contributed by atoms with Gasteiger partial charge in [0, 0.05) is 49.5 Å². The van der Waals surface area contributed by atoms with Crippen molar-refractivity contribution < 1.29 is 9.47 Å². The second-order valence-corrected chi connectivity index (χ2v) is 10.7. The molecule has 5 nitrogen and oxygen atoms in total. The normalized spacial score (nSPS) is 20.7. The molecule has 2 fully saturated rings. The van der Waals surface area contributed by atoms with Crippen LogP contribution in [-0.4, -0.2) is 56.9 Å². The quantitative estimate of drug-likeness (QED) is 0.419. The Morgan fingerprint density at radius 3 is 2.66 bits per heavy atom. The minimum atomic E-state index is 0.485. The molecular formula is C29H42ClN3O2. The maximum atomic E-state index is 6.26.